The fraction of sp³-hybridized carbons (Fsp3) is 0.400. The van der Waals surface area contributed by atoms with E-state index in [9.17, 15) is 5.26 Å². The van der Waals surface area contributed by atoms with Crippen LogP contribution in [0.3, 0.4) is 0 Å². The molecular formula is C25H29N3O2. The van der Waals surface area contributed by atoms with Crippen molar-refractivity contribution in [1.29, 1.82) is 5.26 Å². The van der Waals surface area contributed by atoms with Crippen molar-refractivity contribution in [3.8, 4) is 17.6 Å². The number of hydrogen-bond donors (Lipinski definition) is 2. The molecule has 0 spiro atoms. The van der Waals surface area contributed by atoms with Crippen LogP contribution >= 0.6 is 0 Å². The van der Waals surface area contributed by atoms with Gasteiger partial charge in [0, 0.05) is 23.6 Å². The fourth-order valence-electron chi connectivity index (χ4n) is 4.50. The number of aromatic amines is 1. The van der Waals surface area contributed by atoms with Gasteiger partial charge < -0.3 is 19.8 Å². The van der Waals surface area contributed by atoms with Crippen LogP contribution in [0.1, 0.15) is 42.7 Å². The number of methoxy groups -OCH3 is 1. The van der Waals surface area contributed by atoms with Crippen molar-refractivity contribution in [1.82, 2.24) is 10.3 Å². The van der Waals surface area contributed by atoms with Crippen LogP contribution in [-0.4, -0.2) is 31.8 Å². The van der Waals surface area contributed by atoms with Gasteiger partial charge >= 0.3 is 0 Å². The molecule has 1 fully saturated rings. The molecule has 5 nitrogen and oxygen atoms in total. The number of para-hydroxylation sites is 2. The standard InChI is InChI=1S/C25H29N3O2/c1-29-24-4-2-3-5-25(24)30-13-12-27-16-18-6-9-20(10-7-18)22-17-28-23-11-8-19(15-26)14-21(22)23/h2-5,8,11,14,17-18,20,27-28H,6-7,9-10,12-13,16H2,1H3. The number of aromatic nitrogens is 1. The van der Waals surface area contributed by atoms with Crippen LogP contribution in [-0.2, 0) is 0 Å². The highest BCUT2D eigenvalue weighted by Gasteiger charge is 2.24. The maximum Gasteiger partial charge on any atom is 0.161 e. The smallest absolute Gasteiger partial charge is 0.161 e. The minimum absolute atomic E-state index is 0.581. The van der Waals surface area contributed by atoms with Crippen LogP contribution in [0.15, 0.2) is 48.7 Å². The van der Waals surface area contributed by atoms with Gasteiger partial charge in [-0.3, -0.25) is 0 Å². The summed E-state index contributed by atoms with van der Waals surface area (Å²) in [6.07, 6.45) is 7.01. The van der Waals surface area contributed by atoms with Gasteiger partial charge in [0.25, 0.3) is 0 Å². The summed E-state index contributed by atoms with van der Waals surface area (Å²) in [7, 11) is 1.66. The first-order valence-electron chi connectivity index (χ1n) is 10.8. The minimum atomic E-state index is 0.581. The lowest BCUT2D eigenvalue weighted by Crippen LogP contribution is -2.29. The van der Waals surface area contributed by atoms with Gasteiger partial charge in [0.2, 0.25) is 0 Å². The summed E-state index contributed by atoms with van der Waals surface area (Å²) in [5, 5.41) is 14.0. The first kappa shape index (κ1) is 20.3. The maximum absolute atomic E-state index is 9.20. The van der Waals surface area contributed by atoms with Crippen molar-refractivity contribution in [2.45, 2.75) is 31.6 Å². The van der Waals surface area contributed by atoms with E-state index in [-0.39, 0.29) is 0 Å². The average Bonchev–Trinajstić information content (AvgIpc) is 3.22. The fourth-order valence-corrected chi connectivity index (χ4v) is 4.50. The van der Waals surface area contributed by atoms with Crippen molar-refractivity contribution in [3.05, 3.63) is 59.8 Å². The van der Waals surface area contributed by atoms with E-state index in [2.05, 4.69) is 22.6 Å². The second-order valence-electron chi connectivity index (χ2n) is 8.04. The van der Waals surface area contributed by atoms with E-state index in [4.69, 9.17) is 9.47 Å². The molecule has 1 aliphatic carbocycles. The van der Waals surface area contributed by atoms with E-state index in [1.54, 1.807) is 7.11 Å². The molecule has 3 aromatic rings. The topological polar surface area (TPSA) is 70.1 Å². The molecule has 2 N–H and O–H groups in total. The summed E-state index contributed by atoms with van der Waals surface area (Å²) in [6, 6.07) is 15.9. The quantitative estimate of drug-likeness (QED) is 0.520. The lowest BCUT2D eigenvalue weighted by atomic mass is 9.78. The summed E-state index contributed by atoms with van der Waals surface area (Å²) >= 11 is 0. The second kappa shape index (κ2) is 9.69. The first-order valence-corrected chi connectivity index (χ1v) is 10.8. The molecule has 0 saturated heterocycles. The summed E-state index contributed by atoms with van der Waals surface area (Å²) in [4.78, 5) is 3.37. The largest absolute Gasteiger partial charge is 0.493 e. The Labute approximate surface area is 178 Å². The predicted octanol–water partition coefficient (Wildman–Crippen LogP) is 4.99. The Bertz CT molecular complexity index is 1010. The Morgan fingerprint density at radius 2 is 1.90 bits per heavy atom. The number of H-pyrrole nitrogens is 1. The molecule has 0 radical (unpaired) electrons. The number of rotatable bonds is 8. The summed E-state index contributed by atoms with van der Waals surface area (Å²) < 4.78 is 11.1. The predicted molar refractivity (Wildman–Crippen MR) is 119 cm³/mol. The molecule has 0 aliphatic heterocycles. The number of hydrogen-bond acceptors (Lipinski definition) is 4. The molecule has 1 aliphatic rings. The van der Waals surface area contributed by atoms with Gasteiger partial charge in [-0.25, -0.2) is 0 Å². The van der Waals surface area contributed by atoms with E-state index in [1.165, 1.54) is 36.6 Å². The van der Waals surface area contributed by atoms with Gasteiger partial charge in [-0.05, 0) is 80.0 Å². The van der Waals surface area contributed by atoms with E-state index >= 15 is 0 Å². The molecule has 0 amide bonds. The van der Waals surface area contributed by atoms with Crippen LogP contribution < -0.4 is 14.8 Å². The van der Waals surface area contributed by atoms with Crippen LogP contribution in [0.2, 0.25) is 0 Å². The van der Waals surface area contributed by atoms with Crippen molar-refractivity contribution < 1.29 is 9.47 Å². The normalized spacial score (nSPS) is 18.8. The molecule has 156 valence electrons. The average molecular weight is 404 g/mol. The molecule has 1 saturated carbocycles. The van der Waals surface area contributed by atoms with Crippen LogP contribution in [0.25, 0.3) is 10.9 Å². The highest BCUT2D eigenvalue weighted by atomic mass is 16.5. The van der Waals surface area contributed by atoms with Gasteiger partial charge in [0.05, 0.1) is 18.7 Å². The lowest BCUT2D eigenvalue weighted by Gasteiger charge is -2.28. The van der Waals surface area contributed by atoms with Crippen LogP contribution in [0.5, 0.6) is 11.5 Å². The Morgan fingerprint density at radius 3 is 2.67 bits per heavy atom. The molecule has 1 aromatic heterocycles. The number of fused-ring (bicyclic) bond motifs is 1. The number of nitrogens with one attached hydrogen (secondary N) is 2. The third kappa shape index (κ3) is 4.60. The third-order valence-corrected chi connectivity index (χ3v) is 6.17. The van der Waals surface area contributed by atoms with Crippen molar-refractivity contribution in [3.63, 3.8) is 0 Å². The van der Waals surface area contributed by atoms with Gasteiger partial charge in [0.1, 0.15) is 6.61 Å². The SMILES string of the molecule is COc1ccccc1OCCNCC1CCC(c2c[nH]c3ccc(C#N)cc23)CC1. The van der Waals surface area contributed by atoms with Crippen LogP contribution in [0.4, 0.5) is 0 Å². The van der Waals surface area contributed by atoms with E-state index in [0.29, 0.717) is 18.4 Å². The molecular weight excluding hydrogens is 374 g/mol. The van der Waals surface area contributed by atoms with Crippen molar-refractivity contribution in [2.24, 2.45) is 5.92 Å². The highest BCUT2D eigenvalue weighted by Crippen LogP contribution is 2.38. The minimum Gasteiger partial charge on any atom is -0.493 e. The summed E-state index contributed by atoms with van der Waals surface area (Å²) in [6.45, 7) is 2.50. The Hall–Kier alpha value is -2.97. The van der Waals surface area contributed by atoms with Crippen LogP contribution in [0, 0.1) is 17.2 Å². The number of nitriles is 1. The molecule has 0 bridgehead atoms. The van der Waals surface area contributed by atoms with E-state index in [1.807, 2.05) is 42.5 Å². The monoisotopic (exact) mass is 403 g/mol. The zero-order valence-electron chi connectivity index (χ0n) is 17.5. The van der Waals surface area contributed by atoms with Gasteiger partial charge in [-0.1, -0.05) is 12.1 Å². The zero-order valence-corrected chi connectivity index (χ0v) is 17.5. The summed E-state index contributed by atoms with van der Waals surface area (Å²) in [5.41, 5.74) is 3.23. The number of nitrogens with zero attached hydrogens (tertiary/aromatic N) is 1. The first-order chi connectivity index (χ1) is 14.8. The molecule has 2 aromatic carbocycles. The molecule has 5 heteroatoms. The second-order valence-corrected chi connectivity index (χ2v) is 8.04. The van der Waals surface area contributed by atoms with Gasteiger partial charge in [-0.2, -0.15) is 5.26 Å². The Morgan fingerprint density at radius 1 is 1.10 bits per heavy atom. The number of benzene rings is 2. The molecule has 30 heavy (non-hydrogen) atoms. The van der Waals surface area contributed by atoms with E-state index < -0.39 is 0 Å². The lowest BCUT2D eigenvalue weighted by molar-refractivity contribution is 0.275. The highest BCUT2D eigenvalue weighted by molar-refractivity contribution is 5.85. The molecule has 4 rings (SSSR count). The number of ether oxygens (including phenoxy) is 2. The summed E-state index contributed by atoms with van der Waals surface area (Å²) in [5.74, 6) is 2.86. The Balaban J connectivity index is 1.21. The zero-order chi connectivity index (χ0) is 20.8. The van der Waals surface area contributed by atoms with E-state index in [0.717, 1.165) is 35.7 Å². The molecule has 0 atom stereocenters. The Kier molecular flexibility index (Phi) is 6.56. The van der Waals surface area contributed by atoms with Gasteiger partial charge in [-0.15, -0.1) is 0 Å². The maximum atomic E-state index is 9.20. The molecule has 1 heterocycles. The van der Waals surface area contributed by atoms with Gasteiger partial charge in [0.15, 0.2) is 11.5 Å². The molecule has 0 unspecified atom stereocenters. The third-order valence-electron chi connectivity index (χ3n) is 6.17. The van der Waals surface area contributed by atoms with Crippen molar-refractivity contribution >= 4 is 10.9 Å². The van der Waals surface area contributed by atoms with Crippen molar-refractivity contribution in [2.75, 3.05) is 26.8 Å².